The maximum atomic E-state index is 11.5. The SMILES string of the molecule is COC(=O)C(C(C)=O)=C(O)C(C)Oc1ccc(Cl)cc1. The van der Waals surface area contributed by atoms with E-state index >= 15 is 0 Å². The Balaban J connectivity index is 2.98. The largest absolute Gasteiger partial charge is 0.507 e. The summed E-state index contributed by atoms with van der Waals surface area (Å²) in [6, 6.07) is 6.46. The maximum absolute atomic E-state index is 11.5. The summed E-state index contributed by atoms with van der Waals surface area (Å²) < 4.78 is 9.89. The van der Waals surface area contributed by atoms with E-state index in [-0.39, 0.29) is 0 Å². The molecule has 1 atom stereocenters. The number of aliphatic hydroxyl groups excluding tert-OH is 1. The minimum atomic E-state index is -0.901. The Hall–Kier alpha value is -2.01. The van der Waals surface area contributed by atoms with Crippen LogP contribution in [0.25, 0.3) is 0 Å². The topological polar surface area (TPSA) is 72.8 Å². The summed E-state index contributed by atoms with van der Waals surface area (Å²) in [6.07, 6.45) is -0.880. The highest BCUT2D eigenvalue weighted by atomic mass is 35.5. The van der Waals surface area contributed by atoms with Gasteiger partial charge in [0.1, 0.15) is 11.3 Å². The molecular formula is C14H15ClO5. The predicted molar refractivity (Wildman–Crippen MR) is 73.9 cm³/mol. The van der Waals surface area contributed by atoms with Gasteiger partial charge in [0, 0.05) is 5.02 Å². The van der Waals surface area contributed by atoms with Gasteiger partial charge >= 0.3 is 5.97 Å². The zero-order valence-electron chi connectivity index (χ0n) is 11.3. The number of hydrogen-bond donors (Lipinski definition) is 1. The molecule has 5 nitrogen and oxygen atoms in total. The molecule has 0 aliphatic rings. The molecular weight excluding hydrogens is 284 g/mol. The molecule has 0 spiro atoms. The molecule has 108 valence electrons. The standard InChI is InChI=1S/C14H15ClO5/c1-8(16)12(14(18)19-3)13(17)9(2)20-11-6-4-10(15)5-7-11/h4-7,9,17H,1-3H3. The van der Waals surface area contributed by atoms with E-state index in [0.717, 1.165) is 14.0 Å². The molecule has 1 aromatic rings. The van der Waals surface area contributed by atoms with E-state index in [1.807, 2.05) is 0 Å². The lowest BCUT2D eigenvalue weighted by Crippen LogP contribution is -2.23. The molecule has 6 heteroatoms. The summed E-state index contributed by atoms with van der Waals surface area (Å²) in [4.78, 5) is 22.9. The van der Waals surface area contributed by atoms with Crippen molar-refractivity contribution in [2.45, 2.75) is 20.0 Å². The highest BCUT2D eigenvalue weighted by molar-refractivity contribution is 6.30. The van der Waals surface area contributed by atoms with Crippen LogP contribution in [0.5, 0.6) is 5.75 Å². The second-order valence-electron chi connectivity index (χ2n) is 4.02. The number of rotatable bonds is 5. The highest BCUT2D eigenvalue weighted by Crippen LogP contribution is 2.20. The summed E-state index contributed by atoms with van der Waals surface area (Å²) in [5.74, 6) is -1.53. The first-order valence-corrected chi connectivity index (χ1v) is 6.19. The number of esters is 1. The van der Waals surface area contributed by atoms with Crippen molar-refractivity contribution in [1.82, 2.24) is 0 Å². The minimum absolute atomic E-state index is 0.422. The van der Waals surface area contributed by atoms with Gasteiger partial charge in [0.25, 0.3) is 0 Å². The van der Waals surface area contributed by atoms with Crippen LogP contribution >= 0.6 is 11.6 Å². The molecule has 20 heavy (non-hydrogen) atoms. The van der Waals surface area contributed by atoms with Crippen molar-refractivity contribution in [3.05, 3.63) is 40.6 Å². The highest BCUT2D eigenvalue weighted by Gasteiger charge is 2.25. The van der Waals surface area contributed by atoms with E-state index in [1.54, 1.807) is 24.3 Å². The summed E-state index contributed by atoms with van der Waals surface area (Å²) >= 11 is 5.74. The quantitative estimate of drug-likeness (QED) is 0.297. The lowest BCUT2D eigenvalue weighted by Gasteiger charge is -2.16. The van der Waals surface area contributed by atoms with Crippen LogP contribution in [0.4, 0.5) is 0 Å². The van der Waals surface area contributed by atoms with Crippen LogP contribution in [0.15, 0.2) is 35.6 Å². The molecule has 1 rings (SSSR count). The number of benzene rings is 1. The first kappa shape index (κ1) is 16.0. The van der Waals surface area contributed by atoms with E-state index in [9.17, 15) is 14.7 Å². The lowest BCUT2D eigenvalue weighted by atomic mass is 10.1. The fourth-order valence-electron chi connectivity index (χ4n) is 1.51. The van der Waals surface area contributed by atoms with Crippen LogP contribution in [0.2, 0.25) is 5.02 Å². The lowest BCUT2D eigenvalue weighted by molar-refractivity contribution is -0.138. The van der Waals surface area contributed by atoms with Crippen molar-refractivity contribution >= 4 is 23.4 Å². The number of ether oxygens (including phenoxy) is 2. The maximum Gasteiger partial charge on any atom is 0.345 e. The molecule has 0 aliphatic carbocycles. The minimum Gasteiger partial charge on any atom is -0.507 e. The molecule has 1 N–H and O–H groups in total. The van der Waals surface area contributed by atoms with Crippen molar-refractivity contribution in [3.63, 3.8) is 0 Å². The molecule has 0 saturated carbocycles. The van der Waals surface area contributed by atoms with E-state index in [0.29, 0.717) is 10.8 Å². The second kappa shape index (κ2) is 6.96. The Bertz CT molecular complexity index is 533. The summed E-state index contributed by atoms with van der Waals surface area (Å²) in [5, 5.41) is 10.5. The number of aliphatic hydroxyl groups is 1. The molecule has 0 amide bonds. The molecule has 0 radical (unpaired) electrons. The zero-order chi connectivity index (χ0) is 15.3. The van der Waals surface area contributed by atoms with Crippen LogP contribution in [-0.2, 0) is 14.3 Å². The first-order valence-electron chi connectivity index (χ1n) is 5.81. The van der Waals surface area contributed by atoms with Gasteiger partial charge in [0.2, 0.25) is 0 Å². The predicted octanol–water partition coefficient (Wildman–Crippen LogP) is 2.68. The summed E-state index contributed by atoms with van der Waals surface area (Å²) in [7, 11) is 1.13. The van der Waals surface area contributed by atoms with Gasteiger partial charge in [0.15, 0.2) is 17.6 Å². The third-order valence-corrected chi connectivity index (χ3v) is 2.76. The number of methoxy groups -OCH3 is 1. The average molecular weight is 299 g/mol. The Morgan fingerprint density at radius 2 is 1.80 bits per heavy atom. The molecule has 1 aromatic carbocycles. The smallest absolute Gasteiger partial charge is 0.345 e. The molecule has 0 aliphatic heterocycles. The van der Waals surface area contributed by atoms with E-state index in [1.165, 1.54) is 6.92 Å². The Morgan fingerprint density at radius 1 is 1.25 bits per heavy atom. The van der Waals surface area contributed by atoms with Crippen LogP contribution in [0, 0.1) is 0 Å². The third kappa shape index (κ3) is 3.99. The van der Waals surface area contributed by atoms with Crippen LogP contribution < -0.4 is 4.74 Å². The number of carbonyl (C=O) groups is 2. The van der Waals surface area contributed by atoms with Gasteiger partial charge < -0.3 is 14.6 Å². The summed E-state index contributed by atoms with van der Waals surface area (Å²) in [6.45, 7) is 2.67. The van der Waals surface area contributed by atoms with Gasteiger partial charge in [-0.3, -0.25) is 4.79 Å². The van der Waals surface area contributed by atoms with E-state index in [2.05, 4.69) is 4.74 Å². The second-order valence-corrected chi connectivity index (χ2v) is 4.46. The van der Waals surface area contributed by atoms with Gasteiger partial charge in [0.05, 0.1) is 7.11 Å². The Morgan fingerprint density at radius 3 is 2.25 bits per heavy atom. The van der Waals surface area contributed by atoms with E-state index < -0.39 is 29.2 Å². The van der Waals surface area contributed by atoms with Crippen LogP contribution in [-0.4, -0.2) is 30.1 Å². The van der Waals surface area contributed by atoms with Crippen molar-refractivity contribution in [2.24, 2.45) is 0 Å². The van der Waals surface area contributed by atoms with Crippen LogP contribution in [0.3, 0.4) is 0 Å². The molecule has 0 fully saturated rings. The molecule has 0 aromatic heterocycles. The van der Waals surface area contributed by atoms with Gasteiger partial charge in [-0.05, 0) is 38.1 Å². The fraction of sp³-hybridized carbons (Fsp3) is 0.286. The van der Waals surface area contributed by atoms with Crippen molar-refractivity contribution in [3.8, 4) is 5.75 Å². The molecule has 1 unspecified atom stereocenters. The van der Waals surface area contributed by atoms with Gasteiger partial charge in [-0.25, -0.2) is 4.79 Å². The monoisotopic (exact) mass is 298 g/mol. The van der Waals surface area contributed by atoms with Gasteiger partial charge in [-0.1, -0.05) is 11.6 Å². The first-order chi connectivity index (χ1) is 9.36. The van der Waals surface area contributed by atoms with Crippen molar-refractivity contribution < 1.29 is 24.2 Å². The van der Waals surface area contributed by atoms with Crippen molar-refractivity contribution in [2.75, 3.05) is 7.11 Å². The average Bonchev–Trinajstić information content (AvgIpc) is 2.40. The number of ketones is 1. The normalized spacial score (nSPS) is 13.2. The Kier molecular flexibility index (Phi) is 5.58. The fourth-order valence-corrected chi connectivity index (χ4v) is 1.63. The third-order valence-electron chi connectivity index (χ3n) is 2.51. The Labute approximate surface area is 121 Å². The van der Waals surface area contributed by atoms with Crippen LogP contribution in [0.1, 0.15) is 13.8 Å². The molecule has 0 saturated heterocycles. The number of carbonyl (C=O) groups excluding carboxylic acids is 2. The number of hydrogen-bond acceptors (Lipinski definition) is 5. The van der Waals surface area contributed by atoms with E-state index in [4.69, 9.17) is 16.3 Å². The zero-order valence-corrected chi connectivity index (χ0v) is 12.1. The number of Topliss-reactive ketones (excluding diaryl/α,β-unsaturated/α-hetero) is 1. The molecule has 0 bridgehead atoms. The molecule has 0 heterocycles. The summed E-state index contributed by atoms with van der Waals surface area (Å²) in [5.41, 5.74) is -0.422. The van der Waals surface area contributed by atoms with Gasteiger partial charge in [-0.2, -0.15) is 0 Å². The van der Waals surface area contributed by atoms with Gasteiger partial charge in [-0.15, -0.1) is 0 Å². The number of halogens is 1. The van der Waals surface area contributed by atoms with Crippen molar-refractivity contribution in [1.29, 1.82) is 0 Å².